The molecular weight excluding hydrogens is 246 g/mol. The standard InChI is InChI=1S/C14H15NO4/c1-14(9-3-2-4-10-14)19-13(16)11-5-7-12(8-6-11)15(17)18/h3,5-9H,2,4,10H2,1H3. The first kappa shape index (κ1) is 13.3. The summed E-state index contributed by atoms with van der Waals surface area (Å²) in [4.78, 5) is 22.0. The molecule has 0 spiro atoms. The molecule has 5 heteroatoms. The topological polar surface area (TPSA) is 69.4 Å². The van der Waals surface area contributed by atoms with Crippen LogP contribution in [0.4, 0.5) is 5.69 Å². The number of nitro groups is 1. The van der Waals surface area contributed by atoms with Crippen LogP contribution in [0.5, 0.6) is 0 Å². The van der Waals surface area contributed by atoms with Gasteiger partial charge in [0.2, 0.25) is 0 Å². The van der Waals surface area contributed by atoms with Gasteiger partial charge in [0.25, 0.3) is 5.69 Å². The molecule has 1 aliphatic carbocycles. The van der Waals surface area contributed by atoms with Gasteiger partial charge in [0, 0.05) is 12.1 Å². The molecule has 1 aliphatic rings. The van der Waals surface area contributed by atoms with E-state index in [1.165, 1.54) is 24.3 Å². The second kappa shape index (κ2) is 5.22. The smallest absolute Gasteiger partial charge is 0.338 e. The van der Waals surface area contributed by atoms with Crippen LogP contribution < -0.4 is 0 Å². The Labute approximate surface area is 111 Å². The van der Waals surface area contributed by atoms with Crippen molar-refractivity contribution in [1.82, 2.24) is 0 Å². The molecule has 100 valence electrons. The zero-order chi connectivity index (χ0) is 13.9. The lowest BCUT2D eigenvalue weighted by Crippen LogP contribution is -2.30. The van der Waals surface area contributed by atoms with E-state index in [1.807, 2.05) is 19.1 Å². The van der Waals surface area contributed by atoms with Crippen LogP contribution in [-0.2, 0) is 4.74 Å². The number of rotatable bonds is 3. The van der Waals surface area contributed by atoms with E-state index in [0.717, 1.165) is 19.3 Å². The SMILES string of the molecule is CC1(OC(=O)c2ccc([N+](=O)[O-])cc2)C=CCCC1. The normalized spacial score (nSPS) is 21.9. The second-order valence-electron chi connectivity index (χ2n) is 4.80. The highest BCUT2D eigenvalue weighted by molar-refractivity contribution is 5.90. The summed E-state index contributed by atoms with van der Waals surface area (Å²) in [5.41, 5.74) is -0.289. The zero-order valence-corrected chi connectivity index (χ0v) is 10.7. The highest BCUT2D eigenvalue weighted by Crippen LogP contribution is 2.26. The number of ether oxygens (including phenoxy) is 1. The lowest BCUT2D eigenvalue weighted by Gasteiger charge is -2.28. The Morgan fingerprint density at radius 3 is 2.58 bits per heavy atom. The molecule has 0 saturated heterocycles. The number of carbonyl (C=O) groups is 1. The van der Waals surface area contributed by atoms with E-state index in [0.29, 0.717) is 5.56 Å². The van der Waals surface area contributed by atoms with Crippen LogP contribution in [0.3, 0.4) is 0 Å². The van der Waals surface area contributed by atoms with E-state index in [4.69, 9.17) is 4.74 Å². The molecular formula is C14H15NO4. The molecule has 0 amide bonds. The van der Waals surface area contributed by atoms with E-state index in [-0.39, 0.29) is 5.69 Å². The van der Waals surface area contributed by atoms with Crippen molar-refractivity contribution in [3.8, 4) is 0 Å². The molecule has 1 unspecified atom stereocenters. The van der Waals surface area contributed by atoms with E-state index < -0.39 is 16.5 Å². The molecule has 0 bridgehead atoms. The van der Waals surface area contributed by atoms with Crippen LogP contribution in [-0.4, -0.2) is 16.5 Å². The summed E-state index contributed by atoms with van der Waals surface area (Å²) in [7, 11) is 0. The molecule has 0 aromatic heterocycles. The van der Waals surface area contributed by atoms with E-state index in [9.17, 15) is 14.9 Å². The van der Waals surface area contributed by atoms with E-state index in [2.05, 4.69) is 0 Å². The van der Waals surface area contributed by atoms with Gasteiger partial charge in [0.05, 0.1) is 10.5 Å². The summed E-state index contributed by atoms with van der Waals surface area (Å²) < 4.78 is 5.47. The van der Waals surface area contributed by atoms with Crippen molar-refractivity contribution < 1.29 is 14.5 Å². The van der Waals surface area contributed by atoms with Gasteiger partial charge >= 0.3 is 5.97 Å². The summed E-state index contributed by atoms with van der Waals surface area (Å²) in [6.45, 7) is 1.87. The molecule has 2 rings (SSSR count). The fourth-order valence-corrected chi connectivity index (χ4v) is 2.06. The maximum absolute atomic E-state index is 12.0. The van der Waals surface area contributed by atoms with Gasteiger partial charge in [0.1, 0.15) is 5.60 Å². The third-order valence-corrected chi connectivity index (χ3v) is 3.15. The average molecular weight is 261 g/mol. The summed E-state index contributed by atoms with van der Waals surface area (Å²) in [5.74, 6) is -0.455. The molecule has 1 aromatic rings. The first-order chi connectivity index (χ1) is 9.00. The number of hydrogen-bond donors (Lipinski definition) is 0. The van der Waals surface area contributed by atoms with Crippen molar-refractivity contribution >= 4 is 11.7 Å². The van der Waals surface area contributed by atoms with Crippen molar-refractivity contribution in [2.45, 2.75) is 31.8 Å². The fourth-order valence-electron chi connectivity index (χ4n) is 2.06. The Bertz CT molecular complexity index is 521. The lowest BCUT2D eigenvalue weighted by molar-refractivity contribution is -0.384. The second-order valence-corrected chi connectivity index (χ2v) is 4.80. The van der Waals surface area contributed by atoms with Gasteiger partial charge in [-0.05, 0) is 44.4 Å². The van der Waals surface area contributed by atoms with Crippen LogP contribution in [0.25, 0.3) is 0 Å². The summed E-state index contributed by atoms with van der Waals surface area (Å²) >= 11 is 0. The average Bonchev–Trinajstić information content (AvgIpc) is 2.39. The summed E-state index contributed by atoms with van der Waals surface area (Å²) in [6.07, 6.45) is 6.69. The van der Waals surface area contributed by atoms with Gasteiger partial charge in [-0.3, -0.25) is 10.1 Å². The number of hydrogen-bond acceptors (Lipinski definition) is 4. The van der Waals surface area contributed by atoms with Crippen molar-refractivity contribution in [2.24, 2.45) is 0 Å². The number of non-ortho nitro benzene ring substituents is 1. The Kier molecular flexibility index (Phi) is 3.64. The largest absolute Gasteiger partial charge is 0.452 e. The molecule has 1 aromatic carbocycles. The van der Waals surface area contributed by atoms with E-state index >= 15 is 0 Å². The summed E-state index contributed by atoms with van der Waals surface area (Å²) in [6, 6.07) is 5.43. The van der Waals surface area contributed by atoms with Gasteiger partial charge in [-0.25, -0.2) is 4.79 Å². The van der Waals surface area contributed by atoms with Gasteiger partial charge in [-0.2, -0.15) is 0 Å². The Hall–Kier alpha value is -2.17. The number of nitro benzene ring substituents is 1. The molecule has 19 heavy (non-hydrogen) atoms. The van der Waals surface area contributed by atoms with E-state index in [1.54, 1.807) is 0 Å². The fraction of sp³-hybridized carbons (Fsp3) is 0.357. The molecule has 0 heterocycles. The van der Waals surface area contributed by atoms with Crippen LogP contribution >= 0.6 is 0 Å². The molecule has 0 radical (unpaired) electrons. The van der Waals surface area contributed by atoms with Gasteiger partial charge < -0.3 is 4.74 Å². The molecule has 1 atom stereocenters. The van der Waals surface area contributed by atoms with Crippen molar-refractivity contribution in [3.05, 3.63) is 52.1 Å². The highest BCUT2D eigenvalue weighted by Gasteiger charge is 2.27. The minimum absolute atomic E-state index is 0.0414. The van der Waals surface area contributed by atoms with Crippen molar-refractivity contribution in [2.75, 3.05) is 0 Å². The third kappa shape index (κ3) is 3.19. The maximum Gasteiger partial charge on any atom is 0.338 e. The minimum atomic E-state index is -0.572. The van der Waals surface area contributed by atoms with Crippen molar-refractivity contribution in [3.63, 3.8) is 0 Å². The molecule has 5 nitrogen and oxygen atoms in total. The lowest BCUT2D eigenvalue weighted by atomic mass is 9.93. The Balaban J connectivity index is 2.09. The van der Waals surface area contributed by atoms with Crippen LogP contribution in [0.15, 0.2) is 36.4 Å². The van der Waals surface area contributed by atoms with Gasteiger partial charge in [0.15, 0.2) is 0 Å². The first-order valence-electron chi connectivity index (χ1n) is 6.16. The highest BCUT2D eigenvalue weighted by atomic mass is 16.6. The van der Waals surface area contributed by atoms with Crippen molar-refractivity contribution in [1.29, 1.82) is 0 Å². The number of esters is 1. The quantitative estimate of drug-likeness (QED) is 0.362. The number of benzene rings is 1. The predicted molar refractivity (Wildman–Crippen MR) is 69.9 cm³/mol. The molecule has 0 N–H and O–H groups in total. The zero-order valence-electron chi connectivity index (χ0n) is 10.7. The maximum atomic E-state index is 12.0. The minimum Gasteiger partial charge on any atom is -0.452 e. The van der Waals surface area contributed by atoms with Crippen LogP contribution in [0, 0.1) is 10.1 Å². The number of carbonyl (C=O) groups excluding carboxylic acids is 1. The van der Waals surface area contributed by atoms with Gasteiger partial charge in [-0.1, -0.05) is 6.08 Å². The van der Waals surface area contributed by atoms with Gasteiger partial charge in [-0.15, -0.1) is 0 Å². The predicted octanol–water partition coefficient (Wildman–Crippen LogP) is 3.25. The molecule has 0 saturated carbocycles. The Morgan fingerprint density at radius 2 is 2.05 bits per heavy atom. The molecule has 0 aliphatic heterocycles. The Morgan fingerprint density at radius 1 is 1.37 bits per heavy atom. The van der Waals surface area contributed by atoms with Crippen LogP contribution in [0.2, 0.25) is 0 Å². The van der Waals surface area contributed by atoms with Crippen LogP contribution in [0.1, 0.15) is 36.5 Å². The monoisotopic (exact) mass is 261 g/mol. The third-order valence-electron chi connectivity index (χ3n) is 3.15. The number of allylic oxidation sites excluding steroid dienone is 1. The molecule has 0 fully saturated rings. The number of nitrogens with zero attached hydrogens (tertiary/aromatic N) is 1. The first-order valence-corrected chi connectivity index (χ1v) is 6.16. The summed E-state index contributed by atoms with van der Waals surface area (Å²) in [5, 5.41) is 10.5.